The normalized spacial score (nSPS) is 27.7. The van der Waals surface area contributed by atoms with Crippen LogP contribution in [0.4, 0.5) is 0 Å². The second kappa shape index (κ2) is 7.96. The predicted octanol–water partition coefficient (Wildman–Crippen LogP) is 2.36. The number of ether oxygens (including phenoxy) is 1. The van der Waals surface area contributed by atoms with Gasteiger partial charge in [0.15, 0.2) is 5.76 Å². The highest BCUT2D eigenvalue weighted by Crippen LogP contribution is 2.51. The van der Waals surface area contributed by atoms with Crippen molar-refractivity contribution in [2.75, 3.05) is 20.2 Å². The number of halogens is 1. The number of nitrogens with two attached hydrogens (primary N) is 1. The van der Waals surface area contributed by atoms with Gasteiger partial charge < -0.3 is 15.0 Å². The molecule has 27 heavy (non-hydrogen) atoms. The third-order valence-electron chi connectivity index (χ3n) is 5.95. The lowest BCUT2D eigenvalue weighted by Gasteiger charge is -2.55. The number of methoxy groups -OCH3 is 1. The van der Waals surface area contributed by atoms with Crippen LogP contribution in [0.25, 0.3) is 0 Å². The van der Waals surface area contributed by atoms with Gasteiger partial charge in [0.25, 0.3) is 5.91 Å². The van der Waals surface area contributed by atoms with Crippen molar-refractivity contribution in [2.24, 2.45) is 17.6 Å². The van der Waals surface area contributed by atoms with Crippen LogP contribution in [0.15, 0.2) is 35.1 Å². The van der Waals surface area contributed by atoms with E-state index in [4.69, 9.17) is 15.0 Å². The van der Waals surface area contributed by atoms with E-state index in [2.05, 4.69) is 15.0 Å². The smallest absolute Gasteiger partial charge is 0.267 e. The lowest BCUT2D eigenvalue weighted by atomic mass is 9.62. The molecule has 1 aliphatic carbocycles. The first-order valence-corrected chi connectivity index (χ1v) is 9.07. The molecule has 0 spiro atoms. The first-order chi connectivity index (χ1) is 12.6. The molecule has 0 aromatic carbocycles. The molecule has 7 nitrogen and oxygen atoms in total. The Morgan fingerprint density at radius 1 is 1.33 bits per heavy atom. The van der Waals surface area contributed by atoms with E-state index >= 15 is 0 Å². The molecular formula is C19H25ClN4O3. The summed E-state index contributed by atoms with van der Waals surface area (Å²) in [6.07, 6.45) is 6.72. The Hall–Kier alpha value is -1.96. The number of amides is 1. The lowest BCUT2D eigenvalue weighted by molar-refractivity contribution is -0.170. The van der Waals surface area contributed by atoms with Gasteiger partial charge in [0.2, 0.25) is 0 Å². The van der Waals surface area contributed by atoms with Crippen molar-refractivity contribution in [3.05, 3.63) is 47.6 Å². The molecule has 4 rings (SSSR count). The third-order valence-corrected chi connectivity index (χ3v) is 5.95. The van der Waals surface area contributed by atoms with Gasteiger partial charge in [0.1, 0.15) is 11.3 Å². The van der Waals surface area contributed by atoms with Crippen LogP contribution in [0.2, 0.25) is 0 Å². The average Bonchev–Trinajstić information content (AvgIpc) is 3.14. The highest BCUT2D eigenvalue weighted by Gasteiger charge is 2.53. The summed E-state index contributed by atoms with van der Waals surface area (Å²) in [6.45, 7) is 2.59. The number of fused-ring (bicyclic) bond motifs is 2. The number of pyridine rings is 1. The van der Waals surface area contributed by atoms with Gasteiger partial charge in [-0.2, -0.15) is 0 Å². The van der Waals surface area contributed by atoms with E-state index in [1.165, 1.54) is 6.42 Å². The number of carbonyl (C=O) groups is 1. The summed E-state index contributed by atoms with van der Waals surface area (Å²) in [5, 5.41) is 3.80. The fraction of sp³-hybridized carbons (Fsp3) is 0.526. The molecule has 2 aromatic heterocycles. The fourth-order valence-corrected chi connectivity index (χ4v) is 4.93. The van der Waals surface area contributed by atoms with Crippen LogP contribution in [0.1, 0.15) is 41.1 Å². The zero-order valence-electron chi connectivity index (χ0n) is 15.3. The van der Waals surface area contributed by atoms with Crippen molar-refractivity contribution in [3.8, 4) is 0 Å². The summed E-state index contributed by atoms with van der Waals surface area (Å²) >= 11 is 0. The van der Waals surface area contributed by atoms with Gasteiger partial charge in [-0.15, -0.1) is 12.4 Å². The average molecular weight is 393 g/mol. The molecule has 1 amide bonds. The largest absolute Gasteiger partial charge is 0.373 e. The molecule has 2 aromatic rings. The molecule has 1 saturated carbocycles. The molecule has 2 bridgehead atoms. The van der Waals surface area contributed by atoms with E-state index in [1.54, 1.807) is 19.5 Å². The Bertz CT molecular complexity index is 769. The minimum atomic E-state index is -0.508. The van der Waals surface area contributed by atoms with Gasteiger partial charge >= 0.3 is 0 Å². The minimum Gasteiger partial charge on any atom is -0.373 e. The Kier molecular flexibility index (Phi) is 5.83. The molecule has 2 N–H and O–H groups in total. The molecule has 146 valence electrons. The molecule has 0 unspecified atom stereocenters. The van der Waals surface area contributed by atoms with E-state index in [0.29, 0.717) is 17.5 Å². The SMILES string of the molecule is CO[C@@]1(c2ccnc(C(N)=O)c2)[C@@H]2CCC[C@H]1CN(Cc1ccno1)C2.Cl. The van der Waals surface area contributed by atoms with Crippen molar-refractivity contribution in [3.63, 3.8) is 0 Å². The summed E-state index contributed by atoms with van der Waals surface area (Å²) in [7, 11) is 1.78. The zero-order chi connectivity index (χ0) is 18.1. The van der Waals surface area contributed by atoms with E-state index in [1.807, 2.05) is 18.2 Å². The van der Waals surface area contributed by atoms with E-state index in [9.17, 15) is 4.79 Å². The molecule has 2 aliphatic rings. The summed E-state index contributed by atoms with van der Waals surface area (Å²) in [5.41, 5.74) is 6.35. The number of piperidine rings is 1. The maximum Gasteiger partial charge on any atom is 0.267 e. The number of primary amides is 1. The lowest BCUT2D eigenvalue weighted by Crippen LogP contribution is -2.58. The first kappa shape index (κ1) is 19.8. The van der Waals surface area contributed by atoms with Gasteiger partial charge in [-0.3, -0.25) is 14.7 Å². The number of rotatable bonds is 5. The molecule has 2 fully saturated rings. The maximum atomic E-state index is 11.6. The number of aromatic nitrogens is 2. The first-order valence-electron chi connectivity index (χ1n) is 9.07. The zero-order valence-corrected chi connectivity index (χ0v) is 16.2. The topological polar surface area (TPSA) is 94.5 Å². The highest BCUT2D eigenvalue weighted by molar-refractivity contribution is 5.90. The summed E-state index contributed by atoms with van der Waals surface area (Å²) in [6, 6.07) is 5.69. The number of hydrogen-bond acceptors (Lipinski definition) is 6. The van der Waals surface area contributed by atoms with E-state index < -0.39 is 11.5 Å². The molecule has 8 heteroatoms. The number of likely N-dealkylation sites (tertiary alicyclic amines) is 1. The maximum absolute atomic E-state index is 11.6. The van der Waals surface area contributed by atoms with Crippen molar-refractivity contribution in [1.82, 2.24) is 15.0 Å². The Balaban J connectivity index is 0.00000210. The van der Waals surface area contributed by atoms with E-state index in [-0.39, 0.29) is 12.4 Å². The minimum absolute atomic E-state index is 0. The monoisotopic (exact) mass is 392 g/mol. The quantitative estimate of drug-likeness (QED) is 0.839. The molecule has 0 radical (unpaired) electrons. The second-order valence-corrected chi connectivity index (χ2v) is 7.29. The van der Waals surface area contributed by atoms with Crippen molar-refractivity contribution in [1.29, 1.82) is 0 Å². The van der Waals surface area contributed by atoms with E-state index in [0.717, 1.165) is 43.8 Å². The molecular weight excluding hydrogens is 368 g/mol. The van der Waals surface area contributed by atoms with Crippen LogP contribution in [0.3, 0.4) is 0 Å². The van der Waals surface area contributed by atoms with Crippen molar-refractivity contribution >= 4 is 18.3 Å². The number of nitrogens with zero attached hydrogens (tertiary/aromatic N) is 3. The third kappa shape index (κ3) is 3.47. The fourth-order valence-electron chi connectivity index (χ4n) is 4.93. The molecule has 3 heterocycles. The number of carbonyl (C=O) groups excluding carboxylic acids is 1. The highest BCUT2D eigenvalue weighted by atomic mass is 35.5. The van der Waals surface area contributed by atoms with Gasteiger partial charge in [0.05, 0.1) is 12.7 Å². The van der Waals surface area contributed by atoms with Crippen LogP contribution in [-0.2, 0) is 16.9 Å². The van der Waals surface area contributed by atoms with Crippen LogP contribution < -0.4 is 5.73 Å². The Morgan fingerprint density at radius 3 is 2.67 bits per heavy atom. The van der Waals surface area contributed by atoms with Gasteiger partial charge in [-0.1, -0.05) is 11.6 Å². The summed E-state index contributed by atoms with van der Waals surface area (Å²) in [5.74, 6) is 1.05. The molecule has 1 aliphatic heterocycles. The van der Waals surface area contributed by atoms with Crippen LogP contribution in [-0.4, -0.2) is 41.1 Å². The standard InChI is InChI=1S/C19H24N4O3.ClH/c1-25-19(13-5-7-21-17(9-13)18(20)24)14-3-2-4-15(19)11-23(10-14)12-16-6-8-22-26-16;/h5-9,14-15H,2-4,10-12H2,1H3,(H2,20,24);1H/t14-,15+,19+;. The van der Waals surface area contributed by atoms with Gasteiger partial charge in [0, 0.05) is 44.3 Å². The Labute approximate surface area is 164 Å². The number of hydrogen-bond donors (Lipinski definition) is 1. The summed E-state index contributed by atoms with van der Waals surface area (Å²) in [4.78, 5) is 18.1. The second-order valence-electron chi connectivity index (χ2n) is 7.29. The van der Waals surface area contributed by atoms with Crippen LogP contribution in [0.5, 0.6) is 0 Å². The van der Waals surface area contributed by atoms with Crippen molar-refractivity contribution in [2.45, 2.75) is 31.4 Å². The molecule has 1 saturated heterocycles. The van der Waals surface area contributed by atoms with Gasteiger partial charge in [-0.25, -0.2) is 0 Å². The van der Waals surface area contributed by atoms with Crippen LogP contribution >= 0.6 is 12.4 Å². The van der Waals surface area contributed by atoms with Gasteiger partial charge in [-0.05, 0) is 30.5 Å². The summed E-state index contributed by atoms with van der Waals surface area (Å²) < 4.78 is 11.5. The van der Waals surface area contributed by atoms with Crippen molar-refractivity contribution < 1.29 is 14.1 Å². The van der Waals surface area contributed by atoms with Crippen LogP contribution in [0, 0.1) is 11.8 Å². The Morgan fingerprint density at radius 2 is 2.07 bits per heavy atom. The molecule has 3 atom stereocenters. The predicted molar refractivity (Wildman–Crippen MR) is 101 cm³/mol.